The summed E-state index contributed by atoms with van der Waals surface area (Å²) < 4.78 is 0. The Bertz CT molecular complexity index is 687. The number of rotatable bonds is 2. The number of amidine groups is 1. The first-order valence-corrected chi connectivity index (χ1v) is 7.90. The summed E-state index contributed by atoms with van der Waals surface area (Å²) >= 11 is 12.5. The van der Waals surface area contributed by atoms with Crippen LogP contribution in [-0.2, 0) is 0 Å². The van der Waals surface area contributed by atoms with Crippen LogP contribution in [0.2, 0.25) is 5.02 Å². The predicted octanol–water partition coefficient (Wildman–Crippen LogP) is 5.42. The van der Waals surface area contributed by atoms with E-state index in [2.05, 4.69) is 25.8 Å². The molecule has 3 nitrogen and oxygen atoms in total. The van der Waals surface area contributed by atoms with Gasteiger partial charge in [-0.05, 0) is 47.7 Å². The van der Waals surface area contributed by atoms with Crippen molar-refractivity contribution >= 4 is 45.6 Å². The molecule has 0 aromatic heterocycles. The maximum Gasteiger partial charge on any atom is 0.224 e. The quantitative estimate of drug-likeness (QED) is 0.668. The van der Waals surface area contributed by atoms with Gasteiger partial charge in [0.05, 0.1) is 11.4 Å². The average Bonchev–Trinajstić information content (AvgIpc) is 2.47. The summed E-state index contributed by atoms with van der Waals surface area (Å²) in [7, 11) is 0. The van der Waals surface area contributed by atoms with Crippen LogP contribution in [0.25, 0.3) is 5.70 Å². The fraction of sp³-hybridized carbons (Fsp3) is 0.375. The van der Waals surface area contributed by atoms with Gasteiger partial charge in [-0.2, -0.15) is 5.10 Å². The summed E-state index contributed by atoms with van der Waals surface area (Å²) in [6.45, 7) is 6.46. The van der Waals surface area contributed by atoms with Gasteiger partial charge in [-0.25, -0.2) is 10.0 Å². The van der Waals surface area contributed by atoms with Gasteiger partial charge in [0, 0.05) is 22.7 Å². The van der Waals surface area contributed by atoms with E-state index in [-0.39, 0.29) is 0 Å². The standard InChI is InChI=1S/C16H17Cl2N3/c1-4-10-7-14(9(2)3)20-21-15(10)12-8-11(17)5-6-13(12)19-16(21)18/h5-6,8-9H,4,7H2,1-3H3. The molecule has 0 aliphatic carbocycles. The monoisotopic (exact) mass is 321 g/mol. The van der Waals surface area contributed by atoms with Crippen molar-refractivity contribution in [3.8, 4) is 0 Å². The van der Waals surface area contributed by atoms with Crippen molar-refractivity contribution in [2.45, 2.75) is 33.6 Å². The van der Waals surface area contributed by atoms with E-state index < -0.39 is 0 Å². The summed E-state index contributed by atoms with van der Waals surface area (Å²) in [5, 5.41) is 7.55. The van der Waals surface area contributed by atoms with Gasteiger partial charge >= 0.3 is 0 Å². The van der Waals surface area contributed by atoms with Crippen molar-refractivity contribution in [2.24, 2.45) is 16.0 Å². The molecule has 0 atom stereocenters. The van der Waals surface area contributed by atoms with E-state index in [4.69, 9.17) is 28.3 Å². The fourth-order valence-electron chi connectivity index (χ4n) is 2.66. The molecule has 1 aromatic carbocycles. The summed E-state index contributed by atoms with van der Waals surface area (Å²) in [6.07, 6.45) is 1.84. The zero-order valence-electron chi connectivity index (χ0n) is 12.3. The van der Waals surface area contributed by atoms with Gasteiger partial charge in [0.1, 0.15) is 0 Å². The topological polar surface area (TPSA) is 28.0 Å². The maximum atomic E-state index is 6.35. The third-order valence-corrected chi connectivity index (χ3v) is 4.34. The minimum Gasteiger partial charge on any atom is -0.218 e. The van der Waals surface area contributed by atoms with Crippen LogP contribution in [-0.4, -0.2) is 16.0 Å². The molecule has 0 saturated carbocycles. The van der Waals surface area contributed by atoms with Gasteiger partial charge in [-0.15, -0.1) is 0 Å². The first-order valence-electron chi connectivity index (χ1n) is 7.15. The van der Waals surface area contributed by atoms with Crippen molar-refractivity contribution < 1.29 is 0 Å². The number of hydrogen-bond acceptors (Lipinski definition) is 3. The van der Waals surface area contributed by atoms with E-state index in [0.29, 0.717) is 16.2 Å². The number of allylic oxidation sites excluding steroid dienone is 1. The van der Waals surface area contributed by atoms with Crippen molar-refractivity contribution in [3.63, 3.8) is 0 Å². The van der Waals surface area contributed by atoms with Crippen molar-refractivity contribution in [1.82, 2.24) is 5.01 Å². The molecule has 5 heteroatoms. The molecule has 1 aromatic rings. The highest BCUT2D eigenvalue weighted by Gasteiger charge is 2.31. The summed E-state index contributed by atoms with van der Waals surface area (Å²) in [5.74, 6) is 0.387. The highest BCUT2D eigenvalue weighted by atomic mass is 35.5. The second kappa shape index (κ2) is 5.47. The molecule has 0 saturated heterocycles. The molecule has 0 amide bonds. The third-order valence-electron chi connectivity index (χ3n) is 3.86. The van der Waals surface area contributed by atoms with E-state index in [9.17, 15) is 0 Å². The molecule has 2 heterocycles. The van der Waals surface area contributed by atoms with Crippen LogP contribution in [0.4, 0.5) is 5.69 Å². The highest BCUT2D eigenvalue weighted by Crippen LogP contribution is 2.42. The molecule has 0 bridgehead atoms. The van der Waals surface area contributed by atoms with Gasteiger partial charge in [-0.3, -0.25) is 0 Å². The molecule has 2 aliphatic heterocycles. The smallest absolute Gasteiger partial charge is 0.218 e. The van der Waals surface area contributed by atoms with Crippen molar-refractivity contribution in [1.29, 1.82) is 0 Å². The number of hydrogen-bond donors (Lipinski definition) is 0. The van der Waals surface area contributed by atoms with E-state index in [1.165, 1.54) is 5.57 Å². The molecule has 110 valence electrons. The minimum atomic E-state index is 0.387. The zero-order valence-corrected chi connectivity index (χ0v) is 13.8. The second-order valence-corrected chi connectivity index (χ2v) is 6.36. The van der Waals surface area contributed by atoms with Gasteiger partial charge in [-0.1, -0.05) is 32.4 Å². The molecule has 21 heavy (non-hydrogen) atoms. The van der Waals surface area contributed by atoms with Crippen LogP contribution >= 0.6 is 23.2 Å². The molecule has 0 unspecified atom stereocenters. The van der Waals surface area contributed by atoms with Crippen LogP contribution < -0.4 is 0 Å². The van der Waals surface area contributed by atoms with Gasteiger partial charge in [0.2, 0.25) is 5.29 Å². The summed E-state index contributed by atoms with van der Waals surface area (Å²) in [5.41, 5.74) is 5.36. The maximum absolute atomic E-state index is 6.35. The van der Waals surface area contributed by atoms with E-state index in [0.717, 1.165) is 35.5 Å². The lowest BCUT2D eigenvalue weighted by atomic mass is 9.92. The first kappa shape index (κ1) is 14.6. The van der Waals surface area contributed by atoms with Crippen LogP contribution in [0.1, 0.15) is 39.2 Å². The number of fused-ring (bicyclic) bond motifs is 3. The summed E-state index contributed by atoms with van der Waals surface area (Å²) in [4.78, 5) is 4.44. The Morgan fingerprint density at radius 3 is 2.71 bits per heavy atom. The van der Waals surface area contributed by atoms with E-state index in [1.807, 2.05) is 18.2 Å². The third kappa shape index (κ3) is 2.49. The zero-order chi connectivity index (χ0) is 15.1. The van der Waals surface area contributed by atoms with E-state index >= 15 is 0 Å². The Labute approximate surface area is 135 Å². The van der Waals surface area contributed by atoms with Crippen molar-refractivity contribution in [3.05, 3.63) is 34.4 Å². The molecule has 0 spiro atoms. The Kier molecular flexibility index (Phi) is 3.80. The highest BCUT2D eigenvalue weighted by molar-refractivity contribution is 6.65. The van der Waals surface area contributed by atoms with Crippen LogP contribution in [0.3, 0.4) is 0 Å². The number of benzene rings is 1. The largest absolute Gasteiger partial charge is 0.224 e. The second-order valence-electron chi connectivity index (χ2n) is 5.58. The molecule has 3 rings (SSSR count). The average molecular weight is 322 g/mol. The van der Waals surface area contributed by atoms with Crippen LogP contribution in [0.5, 0.6) is 0 Å². The molecular formula is C16H17Cl2N3. The molecule has 0 radical (unpaired) electrons. The lowest BCUT2D eigenvalue weighted by molar-refractivity contribution is 0.596. The number of aliphatic imine (C=N–C) groups is 1. The van der Waals surface area contributed by atoms with E-state index in [1.54, 1.807) is 5.01 Å². The minimum absolute atomic E-state index is 0.387. The number of hydrazone groups is 1. The normalized spacial score (nSPS) is 17.5. The Morgan fingerprint density at radius 1 is 1.29 bits per heavy atom. The lowest BCUT2D eigenvalue weighted by Crippen LogP contribution is -2.31. The van der Waals surface area contributed by atoms with Gasteiger partial charge in [0.25, 0.3) is 0 Å². The number of nitrogens with zero attached hydrogens (tertiary/aromatic N) is 3. The van der Waals surface area contributed by atoms with Crippen LogP contribution in [0.15, 0.2) is 33.9 Å². The Hall–Kier alpha value is -1.32. The molecule has 0 fully saturated rings. The predicted molar refractivity (Wildman–Crippen MR) is 90.3 cm³/mol. The molecule has 0 N–H and O–H groups in total. The van der Waals surface area contributed by atoms with Crippen molar-refractivity contribution in [2.75, 3.05) is 0 Å². The fourth-order valence-corrected chi connectivity index (χ4v) is 3.04. The SMILES string of the molecule is CCC1=C2c3cc(Cl)ccc3N=C(Cl)N2N=C(C(C)C)C1. The first-order chi connectivity index (χ1) is 10.0. The van der Waals surface area contributed by atoms with Crippen LogP contribution in [0, 0.1) is 5.92 Å². The van der Waals surface area contributed by atoms with Gasteiger partial charge in [0.15, 0.2) is 0 Å². The lowest BCUT2D eigenvalue weighted by Gasteiger charge is -2.33. The number of halogens is 2. The molecule has 2 aliphatic rings. The molecular weight excluding hydrogens is 305 g/mol. The van der Waals surface area contributed by atoms with Gasteiger partial charge < -0.3 is 0 Å². The summed E-state index contributed by atoms with van der Waals surface area (Å²) in [6, 6.07) is 5.68. The Morgan fingerprint density at radius 2 is 2.05 bits per heavy atom. The Balaban J connectivity index is 2.21.